The Labute approximate surface area is 243 Å². The number of thioether (sulfide) groups is 1. The number of nitrogens with one attached hydrogen (secondary N) is 3. The summed E-state index contributed by atoms with van der Waals surface area (Å²) in [6.07, 6.45) is 1.66. The first-order valence-corrected chi connectivity index (χ1v) is 15.3. The number of hydrogen-bond donors (Lipinski definition) is 5. The predicted octanol–water partition coefficient (Wildman–Crippen LogP) is -1.67. The lowest BCUT2D eigenvalue weighted by atomic mass is 9.73. The van der Waals surface area contributed by atoms with E-state index in [4.69, 9.17) is 5.73 Å². The molecule has 0 unspecified atom stereocenters. The SMILES string of the molecule is C[C@@H](CC(=O)CN1CCN2NNN=C2C1)[C@H]1C(=O)N2C(C(=O)O)=C(S[C@@H]3CN[C@H](C(=O)N4CC[C@@H](N)C4)C3)[C@H](C)[C@H]12. The van der Waals surface area contributed by atoms with Crippen molar-refractivity contribution in [3.8, 4) is 0 Å². The number of carboxylic acid groups (broad SMARTS) is 1. The van der Waals surface area contributed by atoms with E-state index in [1.165, 1.54) is 16.7 Å². The number of nitrogens with zero attached hydrogens (tertiary/aromatic N) is 5. The highest BCUT2D eigenvalue weighted by molar-refractivity contribution is 8.03. The van der Waals surface area contributed by atoms with Crippen LogP contribution in [0.3, 0.4) is 0 Å². The van der Waals surface area contributed by atoms with E-state index in [0.29, 0.717) is 50.6 Å². The number of nitrogens with two attached hydrogens (primary N) is 1. The highest BCUT2D eigenvalue weighted by Gasteiger charge is 2.60. The summed E-state index contributed by atoms with van der Waals surface area (Å²) in [7, 11) is 0. The Hall–Kier alpha value is -2.72. The molecular formula is C26H39N9O5S. The van der Waals surface area contributed by atoms with E-state index in [-0.39, 0.29) is 64.9 Å². The number of rotatable bonds is 9. The molecule has 15 heteroatoms. The number of fused-ring (bicyclic) bond motifs is 2. The summed E-state index contributed by atoms with van der Waals surface area (Å²) in [5.41, 5.74) is 11.7. The van der Waals surface area contributed by atoms with Crippen LogP contribution in [0.2, 0.25) is 0 Å². The Bertz CT molecular complexity index is 1200. The first-order valence-electron chi connectivity index (χ1n) is 14.5. The van der Waals surface area contributed by atoms with E-state index in [1.54, 1.807) is 0 Å². The van der Waals surface area contributed by atoms with Crippen molar-refractivity contribution < 1.29 is 24.3 Å². The first-order chi connectivity index (χ1) is 19.6. The van der Waals surface area contributed by atoms with Crippen molar-refractivity contribution >= 4 is 41.2 Å². The zero-order valence-corrected chi connectivity index (χ0v) is 24.2. The summed E-state index contributed by atoms with van der Waals surface area (Å²) in [4.78, 5) is 57.6. The summed E-state index contributed by atoms with van der Waals surface area (Å²) < 4.78 is 0. The molecule has 0 radical (unpaired) electrons. The summed E-state index contributed by atoms with van der Waals surface area (Å²) in [6.45, 7) is 8.02. The molecule has 0 aromatic rings. The van der Waals surface area contributed by atoms with Crippen LogP contribution in [0.4, 0.5) is 0 Å². The van der Waals surface area contributed by atoms with Gasteiger partial charge in [0.2, 0.25) is 11.8 Å². The van der Waals surface area contributed by atoms with E-state index in [1.807, 2.05) is 23.8 Å². The van der Waals surface area contributed by atoms with E-state index in [2.05, 4.69) is 26.4 Å². The van der Waals surface area contributed by atoms with Crippen molar-refractivity contribution in [3.63, 3.8) is 0 Å². The second-order valence-corrected chi connectivity index (χ2v) is 13.5. The van der Waals surface area contributed by atoms with Crippen LogP contribution in [-0.4, -0.2) is 123 Å². The number of carboxylic acids is 1. The summed E-state index contributed by atoms with van der Waals surface area (Å²) >= 11 is 1.48. The number of ketones is 1. The molecule has 0 aromatic carbocycles. The molecule has 0 bridgehead atoms. The molecule has 0 saturated carbocycles. The fraction of sp³-hybridized carbons (Fsp3) is 0.731. The third-order valence-electron chi connectivity index (χ3n) is 9.26. The monoisotopic (exact) mass is 589 g/mol. The molecule has 0 aliphatic carbocycles. The Balaban J connectivity index is 1.06. The molecule has 41 heavy (non-hydrogen) atoms. The lowest BCUT2D eigenvalue weighted by Crippen LogP contribution is -2.62. The molecule has 6 aliphatic heterocycles. The Morgan fingerprint density at radius 1 is 1.24 bits per heavy atom. The number of hydrazone groups is 1. The van der Waals surface area contributed by atoms with Gasteiger partial charge in [0.25, 0.3) is 0 Å². The lowest BCUT2D eigenvalue weighted by Gasteiger charge is -2.47. The van der Waals surface area contributed by atoms with Crippen LogP contribution in [0.15, 0.2) is 15.7 Å². The van der Waals surface area contributed by atoms with Gasteiger partial charge in [-0.3, -0.25) is 24.3 Å². The largest absolute Gasteiger partial charge is 0.477 e. The fourth-order valence-corrected chi connectivity index (χ4v) is 8.65. The minimum Gasteiger partial charge on any atom is -0.477 e. The second-order valence-electron chi connectivity index (χ2n) is 12.1. The van der Waals surface area contributed by atoms with E-state index < -0.39 is 11.9 Å². The van der Waals surface area contributed by atoms with Gasteiger partial charge in [0, 0.05) is 54.7 Å². The van der Waals surface area contributed by atoms with Crippen LogP contribution in [0, 0.1) is 17.8 Å². The molecule has 7 atom stereocenters. The van der Waals surface area contributed by atoms with Gasteiger partial charge in [0.1, 0.15) is 11.5 Å². The fourth-order valence-electron chi connectivity index (χ4n) is 7.17. The summed E-state index contributed by atoms with van der Waals surface area (Å²) in [5, 5.41) is 19.5. The third kappa shape index (κ3) is 5.22. The van der Waals surface area contributed by atoms with Gasteiger partial charge in [0.05, 0.1) is 37.6 Å². The second kappa shape index (κ2) is 11.2. The maximum Gasteiger partial charge on any atom is 0.353 e. The molecule has 6 N–H and O–H groups in total. The van der Waals surface area contributed by atoms with Crippen molar-refractivity contribution in [1.82, 2.24) is 36.1 Å². The molecular weight excluding hydrogens is 550 g/mol. The number of hydrogen-bond acceptors (Lipinski definition) is 12. The Kier molecular flexibility index (Phi) is 7.74. The number of amidine groups is 1. The average Bonchev–Trinajstić information content (AvgIpc) is 3.71. The minimum absolute atomic E-state index is 0.0218. The average molecular weight is 590 g/mol. The molecule has 6 rings (SSSR count). The van der Waals surface area contributed by atoms with Crippen LogP contribution >= 0.6 is 11.8 Å². The van der Waals surface area contributed by atoms with Gasteiger partial charge in [-0.05, 0) is 18.8 Å². The molecule has 224 valence electrons. The number of likely N-dealkylation sites (tertiary alicyclic amines) is 1. The highest BCUT2D eigenvalue weighted by Crippen LogP contribution is 2.53. The smallest absolute Gasteiger partial charge is 0.353 e. The highest BCUT2D eigenvalue weighted by atomic mass is 32.2. The zero-order valence-electron chi connectivity index (χ0n) is 23.4. The molecule has 6 aliphatic rings. The van der Waals surface area contributed by atoms with Crippen molar-refractivity contribution in [1.29, 1.82) is 0 Å². The third-order valence-corrected chi connectivity index (χ3v) is 10.8. The molecule has 14 nitrogen and oxygen atoms in total. The predicted molar refractivity (Wildman–Crippen MR) is 151 cm³/mol. The lowest BCUT2D eigenvalue weighted by molar-refractivity contribution is -0.160. The van der Waals surface area contributed by atoms with Crippen LogP contribution in [0.5, 0.6) is 0 Å². The number of carbonyl (C=O) groups excluding carboxylic acids is 3. The van der Waals surface area contributed by atoms with Gasteiger partial charge < -0.3 is 26.0 Å². The molecule has 0 aromatic heterocycles. The van der Waals surface area contributed by atoms with E-state index >= 15 is 0 Å². The Morgan fingerprint density at radius 2 is 2.05 bits per heavy atom. The van der Waals surface area contributed by atoms with Gasteiger partial charge in [0.15, 0.2) is 5.84 Å². The minimum atomic E-state index is -1.11. The number of hydrazine groups is 2. The van der Waals surface area contributed by atoms with Crippen LogP contribution in [-0.2, 0) is 19.2 Å². The molecule has 6 heterocycles. The topological polar surface area (TPSA) is 176 Å². The van der Waals surface area contributed by atoms with Gasteiger partial charge in [-0.15, -0.1) is 22.4 Å². The zero-order chi connectivity index (χ0) is 29.0. The van der Waals surface area contributed by atoms with Crippen LogP contribution in [0.25, 0.3) is 0 Å². The van der Waals surface area contributed by atoms with Crippen molar-refractivity contribution in [3.05, 3.63) is 10.6 Å². The number of amides is 2. The normalized spacial score (nSPS) is 33.9. The Morgan fingerprint density at radius 3 is 2.78 bits per heavy atom. The van der Waals surface area contributed by atoms with Gasteiger partial charge >= 0.3 is 5.97 Å². The summed E-state index contributed by atoms with van der Waals surface area (Å²) in [5.74, 6) is -1.13. The standard InChI is InChI=1S/C26H39N9O5S/c1-13(7-16(36)11-32-5-6-34-19(12-32)29-30-31-34)20-21-14(2)23(22(26(39)40)35(21)25(20)38)41-17-8-18(28-9-17)24(37)33-4-3-15(27)10-33/h13-15,17-18,20-21,28,30-31H,3-12,27H2,1-2H3,(H,39,40)/t13-,14+,15+,17-,18-,20+,21+/m0/s1. The van der Waals surface area contributed by atoms with Gasteiger partial charge in [-0.1, -0.05) is 13.8 Å². The quantitative estimate of drug-likeness (QED) is 0.194. The number of β-lactam (4-membered cyclic amide) rings is 1. The van der Waals surface area contributed by atoms with Crippen LogP contribution < -0.4 is 22.1 Å². The van der Waals surface area contributed by atoms with Crippen LogP contribution in [0.1, 0.15) is 33.1 Å². The number of carbonyl (C=O) groups is 4. The number of Topliss-reactive ketones (excluding diaryl/α,β-unsaturated/α-hetero) is 1. The van der Waals surface area contributed by atoms with Crippen molar-refractivity contribution in [2.24, 2.45) is 28.6 Å². The maximum absolute atomic E-state index is 13.3. The van der Waals surface area contributed by atoms with Gasteiger partial charge in [-0.25, -0.2) is 10.3 Å². The molecule has 4 fully saturated rings. The van der Waals surface area contributed by atoms with E-state index in [9.17, 15) is 24.3 Å². The maximum atomic E-state index is 13.3. The van der Waals surface area contributed by atoms with E-state index in [0.717, 1.165) is 18.8 Å². The molecule has 2 amide bonds. The number of aliphatic carboxylic acids is 1. The van der Waals surface area contributed by atoms with Crippen molar-refractivity contribution in [2.45, 2.75) is 56.5 Å². The van der Waals surface area contributed by atoms with Gasteiger partial charge in [-0.2, -0.15) is 0 Å². The van der Waals surface area contributed by atoms with Crippen molar-refractivity contribution in [2.75, 3.05) is 45.8 Å². The summed E-state index contributed by atoms with van der Waals surface area (Å²) in [6, 6.07) is -0.559. The molecule has 4 saturated heterocycles. The number of piperazine rings is 1. The first kappa shape index (κ1) is 28.4. The molecule has 0 spiro atoms.